The third-order valence-electron chi connectivity index (χ3n) is 2.60. The second-order valence-corrected chi connectivity index (χ2v) is 3.89. The number of aryl methyl sites for hydroxylation is 1. The summed E-state index contributed by atoms with van der Waals surface area (Å²) in [6.07, 6.45) is 9.85. The maximum absolute atomic E-state index is 6.06. The van der Waals surface area contributed by atoms with Crippen molar-refractivity contribution in [3.63, 3.8) is 0 Å². The van der Waals surface area contributed by atoms with Gasteiger partial charge in [-0.05, 0) is 6.42 Å². The van der Waals surface area contributed by atoms with Gasteiger partial charge < -0.3 is 10.3 Å². The normalized spacial score (nSPS) is 13.1. The van der Waals surface area contributed by atoms with Crippen molar-refractivity contribution in [2.75, 3.05) is 0 Å². The molecule has 0 radical (unpaired) electrons. The first-order chi connectivity index (χ1) is 6.75. The summed E-state index contributed by atoms with van der Waals surface area (Å²) in [7, 11) is 1.99. The van der Waals surface area contributed by atoms with E-state index in [1.165, 1.54) is 25.7 Å². The van der Waals surface area contributed by atoms with Crippen molar-refractivity contribution in [3.8, 4) is 0 Å². The van der Waals surface area contributed by atoms with Gasteiger partial charge in [0.05, 0.1) is 12.0 Å². The molecule has 1 rings (SSSR count). The van der Waals surface area contributed by atoms with Gasteiger partial charge in [0.15, 0.2) is 0 Å². The van der Waals surface area contributed by atoms with Gasteiger partial charge >= 0.3 is 0 Å². The van der Waals surface area contributed by atoms with E-state index in [0.717, 1.165) is 12.1 Å². The number of hydrogen-bond acceptors (Lipinski definition) is 2. The molecule has 1 atom stereocenters. The Hall–Kier alpha value is -0.830. The lowest BCUT2D eigenvalue weighted by Crippen LogP contribution is -2.13. The molecule has 0 spiro atoms. The number of aromatic nitrogens is 2. The fourth-order valence-corrected chi connectivity index (χ4v) is 1.66. The molecule has 1 aromatic rings. The Labute approximate surface area is 86.3 Å². The highest BCUT2D eigenvalue weighted by Crippen LogP contribution is 2.16. The van der Waals surface area contributed by atoms with E-state index in [1.54, 1.807) is 6.33 Å². The van der Waals surface area contributed by atoms with Gasteiger partial charge in [-0.1, -0.05) is 32.6 Å². The van der Waals surface area contributed by atoms with E-state index in [9.17, 15) is 0 Å². The molecule has 2 N–H and O–H groups in total. The Morgan fingerprint density at radius 2 is 2.21 bits per heavy atom. The molecule has 1 heterocycles. The van der Waals surface area contributed by atoms with E-state index in [2.05, 4.69) is 11.9 Å². The minimum Gasteiger partial charge on any atom is -0.336 e. The average molecular weight is 195 g/mol. The molecule has 0 aromatic carbocycles. The molecule has 14 heavy (non-hydrogen) atoms. The first-order valence-corrected chi connectivity index (χ1v) is 5.47. The predicted molar refractivity (Wildman–Crippen MR) is 58.9 cm³/mol. The Kier molecular flexibility index (Phi) is 4.66. The number of nitrogens with zero attached hydrogens (tertiary/aromatic N) is 2. The van der Waals surface area contributed by atoms with Crippen LogP contribution in [0, 0.1) is 0 Å². The minimum absolute atomic E-state index is 0.152. The molecule has 0 aliphatic rings. The van der Waals surface area contributed by atoms with Crippen LogP contribution in [0.1, 0.15) is 50.8 Å². The zero-order valence-electron chi connectivity index (χ0n) is 9.24. The van der Waals surface area contributed by atoms with Crippen LogP contribution < -0.4 is 5.73 Å². The lowest BCUT2D eigenvalue weighted by Gasteiger charge is -2.11. The number of hydrogen-bond donors (Lipinski definition) is 1. The molecule has 0 fully saturated rings. The van der Waals surface area contributed by atoms with Crippen LogP contribution in [-0.2, 0) is 7.05 Å². The molecule has 0 saturated heterocycles. The van der Waals surface area contributed by atoms with E-state index in [1.807, 2.05) is 17.8 Å². The SMILES string of the molecule is CCCCCCC(N)c1cncn1C. The van der Waals surface area contributed by atoms with E-state index in [4.69, 9.17) is 5.73 Å². The van der Waals surface area contributed by atoms with Gasteiger partial charge in [0, 0.05) is 19.3 Å². The van der Waals surface area contributed by atoms with Crippen molar-refractivity contribution in [3.05, 3.63) is 18.2 Å². The molecule has 0 amide bonds. The monoisotopic (exact) mass is 195 g/mol. The van der Waals surface area contributed by atoms with Crippen LogP contribution in [-0.4, -0.2) is 9.55 Å². The summed E-state index contributed by atoms with van der Waals surface area (Å²) >= 11 is 0. The standard InChI is InChI=1S/C11H21N3/c1-3-4-5-6-7-10(12)11-8-13-9-14(11)2/h8-10H,3-7,12H2,1-2H3. The summed E-state index contributed by atoms with van der Waals surface area (Å²) in [5, 5.41) is 0. The summed E-state index contributed by atoms with van der Waals surface area (Å²) in [5.74, 6) is 0. The zero-order valence-corrected chi connectivity index (χ0v) is 9.24. The Morgan fingerprint density at radius 3 is 2.79 bits per heavy atom. The van der Waals surface area contributed by atoms with Gasteiger partial charge in [-0.15, -0.1) is 0 Å². The van der Waals surface area contributed by atoms with E-state index >= 15 is 0 Å². The van der Waals surface area contributed by atoms with Crippen molar-refractivity contribution in [1.29, 1.82) is 0 Å². The first-order valence-electron chi connectivity index (χ1n) is 5.47. The molecule has 0 aliphatic carbocycles. The largest absolute Gasteiger partial charge is 0.336 e. The summed E-state index contributed by atoms with van der Waals surface area (Å²) in [6.45, 7) is 2.22. The number of unbranched alkanes of at least 4 members (excludes halogenated alkanes) is 3. The Morgan fingerprint density at radius 1 is 1.43 bits per heavy atom. The van der Waals surface area contributed by atoms with Crippen molar-refractivity contribution >= 4 is 0 Å². The van der Waals surface area contributed by atoms with Crippen molar-refractivity contribution in [1.82, 2.24) is 9.55 Å². The summed E-state index contributed by atoms with van der Waals surface area (Å²) in [4.78, 5) is 4.07. The lowest BCUT2D eigenvalue weighted by atomic mass is 10.1. The smallest absolute Gasteiger partial charge is 0.0946 e. The van der Waals surface area contributed by atoms with Crippen LogP contribution in [0.3, 0.4) is 0 Å². The molecule has 0 saturated carbocycles. The molecule has 1 aromatic heterocycles. The van der Waals surface area contributed by atoms with E-state index in [-0.39, 0.29) is 6.04 Å². The van der Waals surface area contributed by atoms with Crippen molar-refractivity contribution in [2.24, 2.45) is 12.8 Å². The molecule has 0 bridgehead atoms. The third kappa shape index (κ3) is 3.14. The number of rotatable bonds is 6. The molecule has 80 valence electrons. The first kappa shape index (κ1) is 11.2. The Balaban J connectivity index is 2.28. The highest BCUT2D eigenvalue weighted by atomic mass is 15.0. The van der Waals surface area contributed by atoms with Gasteiger partial charge in [0.2, 0.25) is 0 Å². The quantitative estimate of drug-likeness (QED) is 0.708. The molecule has 0 aliphatic heterocycles. The van der Waals surface area contributed by atoms with Gasteiger partial charge in [0.1, 0.15) is 0 Å². The highest BCUT2D eigenvalue weighted by molar-refractivity contribution is 5.03. The Bertz CT molecular complexity index is 255. The van der Waals surface area contributed by atoms with E-state index in [0.29, 0.717) is 0 Å². The van der Waals surface area contributed by atoms with Gasteiger partial charge in [-0.2, -0.15) is 0 Å². The lowest BCUT2D eigenvalue weighted by molar-refractivity contribution is 0.545. The second kappa shape index (κ2) is 5.81. The van der Waals surface area contributed by atoms with Crippen LogP contribution in [0.4, 0.5) is 0 Å². The molecule has 3 nitrogen and oxygen atoms in total. The maximum atomic E-state index is 6.06. The third-order valence-corrected chi connectivity index (χ3v) is 2.60. The fraction of sp³-hybridized carbons (Fsp3) is 0.727. The number of nitrogens with two attached hydrogens (primary N) is 1. The van der Waals surface area contributed by atoms with Gasteiger partial charge in [0.25, 0.3) is 0 Å². The molecular formula is C11H21N3. The van der Waals surface area contributed by atoms with Crippen LogP contribution in [0.5, 0.6) is 0 Å². The average Bonchev–Trinajstić information content (AvgIpc) is 2.59. The summed E-state index contributed by atoms with van der Waals surface area (Å²) < 4.78 is 2.00. The van der Waals surface area contributed by atoms with Crippen molar-refractivity contribution in [2.45, 2.75) is 45.1 Å². The predicted octanol–water partition coefficient (Wildman–Crippen LogP) is 2.39. The molecular weight excluding hydrogens is 174 g/mol. The van der Waals surface area contributed by atoms with Crippen LogP contribution in [0.15, 0.2) is 12.5 Å². The zero-order chi connectivity index (χ0) is 10.4. The van der Waals surface area contributed by atoms with Gasteiger partial charge in [-0.25, -0.2) is 4.98 Å². The van der Waals surface area contributed by atoms with E-state index < -0.39 is 0 Å². The maximum Gasteiger partial charge on any atom is 0.0946 e. The fourth-order valence-electron chi connectivity index (χ4n) is 1.66. The summed E-state index contributed by atoms with van der Waals surface area (Å²) in [6, 6.07) is 0.152. The van der Waals surface area contributed by atoms with Crippen LogP contribution in [0.2, 0.25) is 0 Å². The van der Waals surface area contributed by atoms with Gasteiger partial charge in [-0.3, -0.25) is 0 Å². The van der Waals surface area contributed by atoms with Crippen LogP contribution in [0.25, 0.3) is 0 Å². The topological polar surface area (TPSA) is 43.8 Å². The minimum atomic E-state index is 0.152. The molecule has 3 heteroatoms. The summed E-state index contributed by atoms with van der Waals surface area (Å²) in [5.41, 5.74) is 7.20. The highest BCUT2D eigenvalue weighted by Gasteiger charge is 2.08. The van der Waals surface area contributed by atoms with Crippen LogP contribution >= 0.6 is 0 Å². The second-order valence-electron chi connectivity index (χ2n) is 3.89. The number of imidazole rings is 1. The molecule has 1 unspecified atom stereocenters. The van der Waals surface area contributed by atoms with Crippen molar-refractivity contribution < 1.29 is 0 Å².